The zero-order valence-electron chi connectivity index (χ0n) is 6.20. The molecule has 0 spiro atoms. The van der Waals surface area contributed by atoms with Crippen LogP contribution in [0.15, 0.2) is 24.3 Å². The number of benzene rings is 1. The molecule has 0 radical (unpaired) electrons. The summed E-state index contributed by atoms with van der Waals surface area (Å²) in [7, 11) is 0. The van der Waals surface area contributed by atoms with Gasteiger partial charge < -0.3 is 0 Å². The predicted molar refractivity (Wildman–Crippen MR) is 42.2 cm³/mol. The van der Waals surface area contributed by atoms with Crippen molar-refractivity contribution in [2.75, 3.05) is 6.54 Å². The van der Waals surface area contributed by atoms with Gasteiger partial charge in [-0.2, -0.15) is 0 Å². The van der Waals surface area contributed by atoms with Crippen LogP contribution in [0.4, 0.5) is 0 Å². The molecule has 1 heterocycles. The molecule has 2 nitrogen and oxygen atoms in total. The standard InChI is InChI=1S/C9H10NO/c11-10-6-5-8-3-1-2-4-9(8)7-10/h1-4,7,11H,5-6H2/q+1. The first-order valence-electron chi connectivity index (χ1n) is 3.74. The average molecular weight is 148 g/mol. The van der Waals surface area contributed by atoms with Crippen LogP contribution < -0.4 is 0 Å². The Bertz CT molecular complexity index is 304. The number of hydrogen-bond donors (Lipinski definition) is 1. The van der Waals surface area contributed by atoms with Gasteiger partial charge in [0.25, 0.3) is 0 Å². The highest BCUT2D eigenvalue weighted by molar-refractivity contribution is 5.78. The fraction of sp³-hybridized carbons (Fsp3) is 0.222. The van der Waals surface area contributed by atoms with Gasteiger partial charge in [-0.15, -0.1) is 0 Å². The van der Waals surface area contributed by atoms with Crippen molar-refractivity contribution in [2.24, 2.45) is 0 Å². The van der Waals surface area contributed by atoms with Crippen LogP contribution in [-0.4, -0.2) is 22.7 Å². The first-order chi connectivity index (χ1) is 5.36. The minimum atomic E-state index is 0.705. The third-order valence-electron chi connectivity index (χ3n) is 1.95. The molecule has 0 aromatic heterocycles. The normalized spacial score (nSPS) is 15.5. The minimum absolute atomic E-state index is 0.705. The molecule has 0 bridgehead atoms. The Hall–Kier alpha value is -1.31. The first-order valence-corrected chi connectivity index (χ1v) is 3.74. The Morgan fingerprint density at radius 1 is 1.27 bits per heavy atom. The van der Waals surface area contributed by atoms with Crippen LogP contribution in [0.25, 0.3) is 0 Å². The van der Waals surface area contributed by atoms with E-state index in [1.165, 1.54) is 10.3 Å². The minimum Gasteiger partial charge on any atom is -0.291 e. The zero-order chi connectivity index (χ0) is 7.68. The summed E-state index contributed by atoms with van der Waals surface area (Å²) in [4.78, 5) is 0. The second-order valence-electron chi connectivity index (χ2n) is 2.74. The zero-order valence-corrected chi connectivity index (χ0v) is 6.20. The SMILES string of the molecule is O[N+]1=Cc2ccccc2CC1. The summed E-state index contributed by atoms with van der Waals surface area (Å²) in [6.07, 6.45) is 2.70. The molecule has 56 valence electrons. The van der Waals surface area contributed by atoms with Crippen LogP contribution >= 0.6 is 0 Å². The van der Waals surface area contributed by atoms with Crippen molar-refractivity contribution >= 4 is 6.21 Å². The van der Waals surface area contributed by atoms with Crippen molar-refractivity contribution in [1.29, 1.82) is 0 Å². The molecule has 0 saturated heterocycles. The second kappa shape index (κ2) is 2.38. The molecule has 1 aliphatic rings. The summed E-state index contributed by atoms with van der Waals surface area (Å²) in [5, 5.41) is 9.13. The molecule has 1 aromatic rings. The maximum atomic E-state index is 9.13. The lowest BCUT2D eigenvalue weighted by Crippen LogP contribution is -2.18. The lowest BCUT2D eigenvalue weighted by molar-refractivity contribution is -0.771. The highest BCUT2D eigenvalue weighted by Gasteiger charge is 2.13. The van der Waals surface area contributed by atoms with Crippen molar-refractivity contribution in [2.45, 2.75) is 6.42 Å². The number of nitrogens with zero attached hydrogens (tertiary/aromatic N) is 1. The van der Waals surface area contributed by atoms with E-state index in [0.717, 1.165) is 12.0 Å². The molecule has 0 atom stereocenters. The van der Waals surface area contributed by atoms with Gasteiger partial charge in [-0.1, -0.05) is 18.2 Å². The topological polar surface area (TPSA) is 23.2 Å². The van der Waals surface area contributed by atoms with Crippen LogP contribution in [0.3, 0.4) is 0 Å². The predicted octanol–water partition coefficient (Wildman–Crippen LogP) is 1.06. The van der Waals surface area contributed by atoms with Gasteiger partial charge in [0, 0.05) is 12.0 Å². The van der Waals surface area contributed by atoms with Crippen LogP contribution in [0.5, 0.6) is 0 Å². The van der Waals surface area contributed by atoms with Crippen molar-refractivity contribution in [1.82, 2.24) is 0 Å². The molecule has 2 rings (SSSR count). The molecule has 0 aliphatic carbocycles. The van der Waals surface area contributed by atoms with Gasteiger partial charge in [-0.25, -0.2) is 0 Å². The highest BCUT2D eigenvalue weighted by atomic mass is 16.5. The van der Waals surface area contributed by atoms with Crippen molar-refractivity contribution in [3.05, 3.63) is 35.4 Å². The Morgan fingerprint density at radius 3 is 3.00 bits per heavy atom. The van der Waals surface area contributed by atoms with E-state index in [-0.39, 0.29) is 0 Å². The van der Waals surface area contributed by atoms with Gasteiger partial charge >= 0.3 is 0 Å². The molecule has 0 amide bonds. The molecule has 11 heavy (non-hydrogen) atoms. The Kier molecular flexibility index (Phi) is 1.39. The van der Waals surface area contributed by atoms with Crippen LogP contribution in [0.2, 0.25) is 0 Å². The van der Waals surface area contributed by atoms with Gasteiger partial charge in [0.1, 0.15) is 0 Å². The molecule has 2 heteroatoms. The molecular formula is C9H10NO+. The number of hydrogen-bond acceptors (Lipinski definition) is 1. The summed E-state index contributed by atoms with van der Waals surface area (Å²) in [6.45, 7) is 0.705. The smallest absolute Gasteiger partial charge is 0.222 e. The van der Waals surface area contributed by atoms with Gasteiger partial charge in [0.15, 0.2) is 6.54 Å². The molecule has 0 saturated carbocycles. The van der Waals surface area contributed by atoms with Gasteiger partial charge in [-0.3, -0.25) is 5.21 Å². The largest absolute Gasteiger partial charge is 0.291 e. The van der Waals surface area contributed by atoms with Gasteiger partial charge in [-0.05, 0) is 16.4 Å². The number of hydroxylamine groups is 1. The van der Waals surface area contributed by atoms with E-state index in [9.17, 15) is 0 Å². The molecule has 1 aromatic carbocycles. The van der Waals surface area contributed by atoms with Crippen LogP contribution in [0, 0.1) is 0 Å². The third kappa shape index (κ3) is 1.11. The summed E-state index contributed by atoms with van der Waals surface area (Å²) in [5.74, 6) is 0. The summed E-state index contributed by atoms with van der Waals surface area (Å²) < 4.78 is 1.24. The number of rotatable bonds is 0. The van der Waals surface area contributed by atoms with E-state index in [0.29, 0.717) is 6.54 Å². The summed E-state index contributed by atoms with van der Waals surface area (Å²) in [6, 6.07) is 8.12. The quantitative estimate of drug-likeness (QED) is 0.431. The average Bonchev–Trinajstić information content (AvgIpc) is 2.04. The highest BCUT2D eigenvalue weighted by Crippen LogP contribution is 2.09. The van der Waals surface area contributed by atoms with E-state index in [4.69, 9.17) is 5.21 Å². The Morgan fingerprint density at radius 2 is 2.09 bits per heavy atom. The first kappa shape index (κ1) is 6.40. The third-order valence-corrected chi connectivity index (χ3v) is 1.95. The summed E-state index contributed by atoms with van der Waals surface area (Å²) >= 11 is 0. The lowest BCUT2D eigenvalue weighted by atomic mass is 10.0. The maximum Gasteiger partial charge on any atom is 0.222 e. The van der Waals surface area contributed by atoms with Crippen molar-refractivity contribution < 1.29 is 9.95 Å². The molecule has 0 unspecified atom stereocenters. The van der Waals surface area contributed by atoms with E-state index in [1.54, 1.807) is 6.21 Å². The fourth-order valence-electron chi connectivity index (χ4n) is 1.35. The van der Waals surface area contributed by atoms with Gasteiger partial charge in [0.2, 0.25) is 6.21 Å². The Labute approximate surface area is 65.4 Å². The second-order valence-corrected chi connectivity index (χ2v) is 2.74. The molecule has 1 aliphatic heterocycles. The van der Waals surface area contributed by atoms with E-state index in [1.807, 2.05) is 18.2 Å². The van der Waals surface area contributed by atoms with E-state index < -0.39 is 0 Å². The molecular weight excluding hydrogens is 138 g/mol. The van der Waals surface area contributed by atoms with E-state index in [2.05, 4.69) is 6.07 Å². The van der Waals surface area contributed by atoms with Crippen LogP contribution in [0.1, 0.15) is 11.1 Å². The molecule has 0 fully saturated rings. The summed E-state index contributed by atoms with van der Waals surface area (Å²) in [5.41, 5.74) is 2.44. The van der Waals surface area contributed by atoms with Crippen LogP contribution in [-0.2, 0) is 6.42 Å². The monoisotopic (exact) mass is 148 g/mol. The van der Waals surface area contributed by atoms with Gasteiger partial charge in [0.05, 0.1) is 0 Å². The van der Waals surface area contributed by atoms with Crippen molar-refractivity contribution in [3.8, 4) is 0 Å². The fourth-order valence-corrected chi connectivity index (χ4v) is 1.35. The van der Waals surface area contributed by atoms with Crippen molar-refractivity contribution in [3.63, 3.8) is 0 Å². The Balaban J connectivity index is 2.51. The molecule has 1 N–H and O–H groups in total. The number of fused-ring (bicyclic) bond motifs is 1. The van der Waals surface area contributed by atoms with E-state index >= 15 is 0 Å². The maximum absolute atomic E-state index is 9.13. The lowest BCUT2D eigenvalue weighted by Gasteiger charge is -2.05.